The van der Waals surface area contributed by atoms with Crippen LogP contribution in [-0.4, -0.2) is 6.61 Å². The van der Waals surface area contributed by atoms with E-state index < -0.39 is 0 Å². The van der Waals surface area contributed by atoms with Gasteiger partial charge in [0.2, 0.25) is 0 Å². The van der Waals surface area contributed by atoms with Crippen LogP contribution in [0.15, 0.2) is 48.5 Å². The normalized spacial score (nSPS) is 26.6. The van der Waals surface area contributed by atoms with Gasteiger partial charge in [-0.25, -0.2) is 4.39 Å². The first kappa shape index (κ1) is 24.3. The number of halogens is 1. The summed E-state index contributed by atoms with van der Waals surface area (Å²) < 4.78 is 19.6. The maximum atomic E-state index is 14.3. The Hall–Kier alpha value is -1.83. The molecule has 2 aromatic carbocycles. The van der Waals surface area contributed by atoms with E-state index in [1.54, 1.807) is 6.07 Å². The lowest BCUT2D eigenvalue weighted by molar-refractivity contribution is 0.220. The predicted octanol–water partition coefficient (Wildman–Crippen LogP) is 9.28. The Morgan fingerprint density at radius 1 is 0.818 bits per heavy atom. The minimum atomic E-state index is -0.203. The third-order valence-corrected chi connectivity index (χ3v) is 8.58. The third kappa shape index (κ3) is 6.84. The second-order valence-electron chi connectivity index (χ2n) is 10.9. The van der Waals surface area contributed by atoms with Gasteiger partial charge in [0.1, 0.15) is 0 Å². The molecule has 0 N–H and O–H groups in total. The van der Waals surface area contributed by atoms with Crippen LogP contribution in [0.1, 0.15) is 107 Å². The van der Waals surface area contributed by atoms with Gasteiger partial charge in [-0.3, -0.25) is 0 Å². The van der Waals surface area contributed by atoms with Crippen LogP contribution in [0.2, 0.25) is 0 Å². The minimum absolute atomic E-state index is 0.203. The molecule has 0 heterocycles. The molecule has 180 valence electrons. The van der Waals surface area contributed by atoms with E-state index in [0.29, 0.717) is 24.2 Å². The highest BCUT2D eigenvalue weighted by Crippen LogP contribution is 2.41. The lowest BCUT2D eigenvalue weighted by Gasteiger charge is -2.33. The highest BCUT2D eigenvalue weighted by Gasteiger charge is 2.26. The highest BCUT2D eigenvalue weighted by molar-refractivity contribution is 5.31. The van der Waals surface area contributed by atoms with Crippen LogP contribution < -0.4 is 4.74 Å². The minimum Gasteiger partial charge on any atom is -0.491 e. The molecule has 2 aliphatic rings. The first-order valence-electron chi connectivity index (χ1n) is 13.6. The first-order chi connectivity index (χ1) is 16.1. The van der Waals surface area contributed by atoms with Gasteiger partial charge in [0, 0.05) is 0 Å². The van der Waals surface area contributed by atoms with Gasteiger partial charge in [0.25, 0.3) is 0 Å². The summed E-state index contributed by atoms with van der Waals surface area (Å²) >= 11 is 0. The summed E-state index contributed by atoms with van der Waals surface area (Å²) in [4.78, 5) is 0. The standard InChI is InChI=1S/C31H43FO/c1-3-33-31-20-19-29(22-30(31)32)28-17-15-25(16-18-28)10-9-24-11-13-26(14-12-24)21-23(2)27-7-5-4-6-8-27/h4-8,19-20,22-26,28H,3,9-18,21H2,1-2H3. The monoisotopic (exact) mass is 450 g/mol. The van der Waals surface area contributed by atoms with E-state index in [1.807, 2.05) is 13.0 Å². The molecule has 2 fully saturated rings. The number of benzene rings is 2. The van der Waals surface area contributed by atoms with Gasteiger partial charge < -0.3 is 4.74 Å². The predicted molar refractivity (Wildman–Crippen MR) is 136 cm³/mol. The molecule has 2 saturated carbocycles. The summed E-state index contributed by atoms with van der Waals surface area (Å²) in [6.45, 7) is 4.81. The lowest BCUT2D eigenvalue weighted by atomic mass is 9.73. The van der Waals surface area contributed by atoms with Crippen LogP contribution >= 0.6 is 0 Å². The number of ether oxygens (including phenoxy) is 1. The summed E-state index contributed by atoms with van der Waals surface area (Å²) in [5.74, 6) is 4.14. The fourth-order valence-corrected chi connectivity index (χ4v) is 6.47. The van der Waals surface area contributed by atoms with Crippen LogP contribution in [0, 0.1) is 23.6 Å². The van der Waals surface area contributed by atoms with Crippen LogP contribution in [-0.2, 0) is 0 Å². The zero-order chi connectivity index (χ0) is 23.0. The molecule has 0 aliphatic heterocycles. The number of rotatable bonds is 9. The van der Waals surface area contributed by atoms with Gasteiger partial charge in [-0.05, 0) is 91.9 Å². The fraction of sp³-hybridized carbons (Fsp3) is 0.613. The maximum absolute atomic E-state index is 14.3. The molecule has 0 bridgehead atoms. The van der Waals surface area contributed by atoms with Crippen molar-refractivity contribution in [1.29, 1.82) is 0 Å². The number of hydrogen-bond donors (Lipinski definition) is 0. The summed E-state index contributed by atoms with van der Waals surface area (Å²) in [6.07, 6.45) is 15.0. The first-order valence-corrected chi connectivity index (χ1v) is 13.6. The van der Waals surface area contributed by atoms with Crippen LogP contribution in [0.5, 0.6) is 5.75 Å². The molecule has 4 rings (SSSR count). The summed E-state index contributed by atoms with van der Waals surface area (Å²) in [6, 6.07) is 16.7. The zero-order valence-electron chi connectivity index (χ0n) is 20.8. The highest BCUT2D eigenvalue weighted by atomic mass is 19.1. The average Bonchev–Trinajstić information content (AvgIpc) is 2.86. The molecule has 2 heteroatoms. The van der Waals surface area contributed by atoms with Crippen LogP contribution in [0.3, 0.4) is 0 Å². The van der Waals surface area contributed by atoms with Crippen molar-refractivity contribution in [2.45, 2.75) is 96.3 Å². The van der Waals surface area contributed by atoms with Gasteiger partial charge in [-0.1, -0.05) is 81.8 Å². The van der Waals surface area contributed by atoms with E-state index in [4.69, 9.17) is 4.74 Å². The van der Waals surface area contributed by atoms with Crippen molar-refractivity contribution in [3.63, 3.8) is 0 Å². The Balaban J connectivity index is 1.14. The molecule has 1 unspecified atom stereocenters. The summed E-state index contributed by atoms with van der Waals surface area (Å²) in [7, 11) is 0. The van der Waals surface area contributed by atoms with Crippen molar-refractivity contribution in [1.82, 2.24) is 0 Å². The van der Waals surface area contributed by atoms with Gasteiger partial charge in [-0.2, -0.15) is 0 Å². The van der Waals surface area contributed by atoms with Crippen molar-refractivity contribution < 1.29 is 9.13 Å². The molecular formula is C31H43FO. The molecular weight excluding hydrogens is 407 g/mol. The van der Waals surface area contributed by atoms with E-state index in [1.165, 1.54) is 76.2 Å². The van der Waals surface area contributed by atoms with Gasteiger partial charge in [0.15, 0.2) is 11.6 Å². The number of hydrogen-bond acceptors (Lipinski definition) is 1. The Morgan fingerprint density at radius 2 is 1.42 bits per heavy atom. The molecule has 0 saturated heterocycles. The zero-order valence-corrected chi connectivity index (χ0v) is 20.8. The van der Waals surface area contributed by atoms with Gasteiger partial charge in [0.05, 0.1) is 6.61 Å². The molecule has 1 nitrogen and oxygen atoms in total. The fourth-order valence-electron chi connectivity index (χ4n) is 6.47. The molecule has 0 amide bonds. The SMILES string of the molecule is CCOc1ccc(C2CCC(CCC3CCC(CC(C)c4ccccc4)CC3)CC2)cc1F. The van der Waals surface area contributed by atoms with Gasteiger partial charge >= 0.3 is 0 Å². The van der Waals surface area contributed by atoms with E-state index in [0.717, 1.165) is 23.3 Å². The van der Waals surface area contributed by atoms with Gasteiger partial charge in [-0.15, -0.1) is 0 Å². The van der Waals surface area contributed by atoms with Crippen molar-refractivity contribution >= 4 is 0 Å². The quantitative estimate of drug-likeness (QED) is 0.370. The lowest BCUT2D eigenvalue weighted by Crippen LogP contribution is -2.18. The molecule has 0 spiro atoms. The van der Waals surface area contributed by atoms with E-state index in [9.17, 15) is 4.39 Å². The second-order valence-corrected chi connectivity index (χ2v) is 10.9. The van der Waals surface area contributed by atoms with E-state index in [2.05, 4.69) is 43.3 Å². The van der Waals surface area contributed by atoms with Crippen molar-refractivity contribution in [2.24, 2.45) is 17.8 Å². The Bertz CT molecular complexity index is 831. The topological polar surface area (TPSA) is 9.23 Å². The van der Waals surface area contributed by atoms with Crippen LogP contribution in [0.25, 0.3) is 0 Å². The van der Waals surface area contributed by atoms with Crippen molar-refractivity contribution in [2.75, 3.05) is 6.61 Å². The second kappa shape index (κ2) is 12.0. The summed E-state index contributed by atoms with van der Waals surface area (Å²) in [5.41, 5.74) is 2.67. The Labute approximate surface area is 201 Å². The van der Waals surface area contributed by atoms with Crippen molar-refractivity contribution in [3.05, 3.63) is 65.5 Å². The molecule has 33 heavy (non-hydrogen) atoms. The maximum Gasteiger partial charge on any atom is 0.165 e. The summed E-state index contributed by atoms with van der Waals surface area (Å²) in [5, 5.41) is 0. The van der Waals surface area contributed by atoms with E-state index >= 15 is 0 Å². The molecule has 0 aromatic heterocycles. The third-order valence-electron chi connectivity index (χ3n) is 8.58. The molecule has 2 aromatic rings. The molecule has 0 radical (unpaired) electrons. The van der Waals surface area contributed by atoms with Crippen LogP contribution in [0.4, 0.5) is 4.39 Å². The van der Waals surface area contributed by atoms with E-state index in [-0.39, 0.29) is 5.82 Å². The largest absolute Gasteiger partial charge is 0.491 e. The molecule has 1 atom stereocenters. The smallest absolute Gasteiger partial charge is 0.165 e. The van der Waals surface area contributed by atoms with Crippen molar-refractivity contribution in [3.8, 4) is 5.75 Å². The average molecular weight is 451 g/mol. The molecule has 2 aliphatic carbocycles. The Morgan fingerprint density at radius 3 is 2.03 bits per heavy atom. The Kier molecular flexibility index (Phi) is 8.87.